The van der Waals surface area contributed by atoms with Gasteiger partial charge in [-0.05, 0) is 23.1 Å². The maximum Gasteiger partial charge on any atom is 0.0450 e. The summed E-state index contributed by atoms with van der Waals surface area (Å²) in [5, 5.41) is 3.78. The van der Waals surface area contributed by atoms with Gasteiger partial charge in [-0.15, -0.1) is 0 Å². The van der Waals surface area contributed by atoms with Crippen LogP contribution in [-0.2, 0) is 13.0 Å². The van der Waals surface area contributed by atoms with Crippen molar-refractivity contribution < 1.29 is 0 Å². The van der Waals surface area contributed by atoms with Gasteiger partial charge in [0, 0.05) is 31.7 Å². The summed E-state index contributed by atoms with van der Waals surface area (Å²) in [4.78, 5) is 2.65. The van der Waals surface area contributed by atoms with E-state index in [0.29, 0.717) is 12.1 Å². The minimum Gasteiger partial charge on any atom is -0.307 e. The van der Waals surface area contributed by atoms with Crippen LogP contribution in [0, 0.1) is 0 Å². The molecule has 3 aromatic rings. The minimum atomic E-state index is 0.395. The Hall–Kier alpha value is -2.42. The van der Waals surface area contributed by atoms with Gasteiger partial charge < -0.3 is 5.32 Å². The summed E-state index contributed by atoms with van der Waals surface area (Å²) in [7, 11) is 0. The van der Waals surface area contributed by atoms with Crippen molar-refractivity contribution >= 4 is 0 Å². The van der Waals surface area contributed by atoms with Gasteiger partial charge in [0.15, 0.2) is 0 Å². The Morgan fingerprint density at radius 2 is 1.31 bits per heavy atom. The van der Waals surface area contributed by atoms with Gasteiger partial charge in [-0.1, -0.05) is 91.0 Å². The number of hydrogen-bond acceptors (Lipinski definition) is 2. The molecule has 1 aliphatic heterocycles. The summed E-state index contributed by atoms with van der Waals surface area (Å²) < 4.78 is 0. The van der Waals surface area contributed by atoms with Crippen LogP contribution in [0.25, 0.3) is 0 Å². The first-order valence-corrected chi connectivity index (χ1v) is 9.49. The maximum atomic E-state index is 3.78. The fourth-order valence-electron chi connectivity index (χ4n) is 3.86. The number of nitrogens with one attached hydrogen (secondary N) is 1. The largest absolute Gasteiger partial charge is 0.307 e. The highest BCUT2D eigenvalue weighted by Gasteiger charge is 2.28. The van der Waals surface area contributed by atoms with Gasteiger partial charge >= 0.3 is 0 Å². The summed E-state index contributed by atoms with van der Waals surface area (Å²) in [6.45, 7) is 3.06. The predicted octanol–water partition coefficient (Wildman–Crippen LogP) is 4.44. The smallest absolute Gasteiger partial charge is 0.0450 e. The van der Waals surface area contributed by atoms with E-state index in [4.69, 9.17) is 0 Å². The van der Waals surface area contributed by atoms with Gasteiger partial charge in [-0.2, -0.15) is 0 Å². The van der Waals surface area contributed by atoms with E-state index in [-0.39, 0.29) is 0 Å². The lowest BCUT2D eigenvalue weighted by Gasteiger charge is -2.41. The molecular weight excluding hydrogens is 316 g/mol. The van der Waals surface area contributed by atoms with Crippen LogP contribution in [0.5, 0.6) is 0 Å². The fourth-order valence-corrected chi connectivity index (χ4v) is 3.86. The van der Waals surface area contributed by atoms with E-state index < -0.39 is 0 Å². The average molecular weight is 342 g/mol. The Morgan fingerprint density at radius 1 is 0.731 bits per heavy atom. The van der Waals surface area contributed by atoms with Crippen molar-refractivity contribution in [3.8, 4) is 0 Å². The average Bonchev–Trinajstić information content (AvgIpc) is 2.71. The Bertz CT molecular complexity index is 786. The summed E-state index contributed by atoms with van der Waals surface area (Å²) in [6, 6.07) is 33.4. The molecule has 2 heteroatoms. The Morgan fingerprint density at radius 3 is 1.96 bits per heavy atom. The van der Waals surface area contributed by atoms with Crippen LogP contribution in [-0.4, -0.2) is 24.0 Å². The second-order valence-corrected chi connectivity index (χ2v) is 7.13. The van der Waals surface area contributed by atoms with Crippen molar-refractivity contribution in [1.82, 2.24) is 10.2 Å². The van der Waals surface area contributed by atoms with E-state index in [1.807, 2.05) is 0 Å². The van der Waals surface area contributed by atoms with Crippen molar-refractivity contribution in [2.24, 2.45) is 0 Å². The predicted molar refractivity (Wildman–Crippen MR) is 108 cm³/mol. The molecule has 0 spiro atoms. The van der Waals surface area contributed by atoms with E-state index in [2.05, 4.69) is 101 Å². The van der Waals surface area contributed by atoms with Gasteiger partial charge in [-0.3, -0.25) is 4.90 Å². The molecule has 0 aromatic heterocycles. The molecule has 2 unspecified atom stereocenters. The lowest BCUT2D eigenvalue weighted by Crippen LogP contribution is -2.53. The molecule has 2 atom stereocenters. The molecule has 2 nitrogen and oxygen atoms in total. The normalized spacial score (nSPS) is 20.8. The van der Waals surface area contributed by atoms with Gasteiger partial charge in [0.1, 0.15) is 0 Å². The van der Waals surface area contributed by atoms with Crippen molar-refractivity contribution in [3.63, 3.8) is 0 Å². The first kappa shape index (κ1) is 17.0. The lowest BCUT2D eigenvalue weighted by atomic mass is 9.97. The molecule has 1 heterocycles. The van der Waals surface area contributed by atoms with Gasteiger partial charge in [0.2, 0.25) is 0 Å². The first-order valence-electron chi connectivity index (χ1n) is 9.49. The van der Waals surface area contributed by atoms with Crippen LogP contribution >= 0.6 is 0 Å². The van der Waals surface area contributed by atoms with Crippen LogP contribution in [0.4, 0.5) is 0 Å². The standard InChI is InChI=1S/C24H26N2/c1-4-10-20(11-5-1)16-23-17-25-24(22-14-8-3-9-15-22)19-26(23)18-21-12-6-2-7-13-21/h1-15,23-25H,16-19H2. The van der Waals surface area contributed by atoms with E-state index >= 15 is 0 Å². The third-order valence-electron chi connectivity index (χ3n) is 5.28. The lowest BCUT2D eigenvalue weighted by molar-refractivity contribution is 0.121. The van der Waals surface area contributed by atoms with E-state index in [0.717, 1.165) is 26.1 Å². The van der Waals surface area contributed by atoms with Crippen LogP contribution in [0.3, 0.4) is 0 Å². The molecule has 132 valence electrons. The van der Waals surface area contributed by atoms with E-state index in [1.165, 1.54) is 16.7 Å². The second-order valence-electron chi connectivity index (χ2n) is 7.13. The van der Waals surface area contributed by atoms with Crippen LogP contribution in [0.1, 0.15) is 22.7 Å². The highest BCUT2D eigenvalue weighted by atomic mass is 15.2. The van der Waals surface area contributed by atoms with Crippen LogP contribution in [0.2, 0.25) is 0 Å². The van der Waals surface area contributed by atoms with Crippen molar-refractivity contribution in [3.05, 3.63) is 108 Å². The molecule has 0 bridgehead atoms. The Labute approximate surface area is 156 Å². The van der Waals surface area contributed by atoms with Crippen LogP contribution in [0.15, 0.2) is 91.0 Å². The van der Waals surface area contributed by atoms with E-state index in [9.17, 15) is 0 Å². The molecule has 26 heavy (non-hydrogen) atoms. The third kappa shape index (κ3) is 4.21. The minimum absolute atomic E-state index is 0.395. The quantitative estimate of drug-likeness (QED) is 0.737. The number of rotatable bonds is 5. The fraction of sp³-hybridized carbons (Fsp3) is 0.250. The Kier molecular flexibility index (Phi) is 5.44. The zero-order valence-electron chi connectivity index (χ0n) is 15.1. The Balaban J connectivity index is 1.53. The molecule has 4 rings (SSSR count). The molecule has 1 N–H and O–H groups in total. The number of nitrogens with zero attached hydrogens (tertiary/aromatic N) is 1. The monoisotopic (exact) mass is 342 g/mol. The SMILES string of the molecule is c1ccc(CC2CNC(c3ccccc3)CN2Cc2ccccc2)cc1. The van der Waals surface area contributed by atoms with Crippen molar-refractivity contribution in [2.75, 3.05) is 13.1 Å². The summed E-state index contributed by atoms with van der Waals surface area (Å²) in [5.74, 6) is 0. The molecule has 1 aliphatic rings. The molecule has 1 fully saturated rings. The zero-order valence-corrected chi connectivity index (χ0v) is 15.1. The molecule has 0 radical (unpaired) electrons. The molecular formula is C24H26N2. The summed E-state index contributed by atoms with van der Waals surface area (Å²) in [5.41, 5.74) is 4.18. The molecule has 0 amide bonds. The number of hydrogen-bond donors (Lipinski definition) is 1. The second kappa shape index (κ2) is 8.31. The van der Waals surface area contributed by atoms with Gasteiger partial charge in [-0.25, -0.2) is 0 Å². The van der Waals surface area contributed by atoms with Gasteiger partial charge in [0.05, 0.1) is 0 Å². The summed E-state index contributed by atoms with van der Waals surface area (Å²) in [6.07, 6.45) is 1.09. The summed E-state index contributed by atoms with van der Waals surface area (Å²) >= 11 is 0. The van der Waals surface area contributed by atoms with Crippen molar-refractivity contribution in [2.45, 2.75) is 25.0 Å². The highest BCUT2D eigenvalue weighted by molar-refractivity contribution is 5.22. The number of benzene rings is 3. The van der Waals surface area contributed by atoms with Gasteiger partial charge in [0.25, 0.3) is 0 Å². The molecule has 3 aromatic carbocycles. The van der Waals surface area contributed by atoms with Crippen molar-refractivity contribution in [1.29, 1.82) is 0 Å². The number of piperazine rings is 1. The first-order chi connectivity index (χ1) is 12.9. The zero-order chi connectivity index (χ0) is 17.6. The maximum absolute atomic E-state index is 3.78. The van der Waals surface area contributed by atoms with Crippen LogP contribution < -0.4 is 5.32 Å². The topological polar surface area (TPSA) is 15.3 Å². The third-order valence-corrected chi connectivity index (χ3v) is 5.28. The highest BCUT2D eigenvalue weighted by Crippen LogP contribution is 2.23. The molecule has 0 aliphatic carbocycles. The van der Waals surface area contributed by atoms with E-state index in [1.54, 1.807) is 0 Å². The molecule has 0 saturated carbocycles. The molecule has 1 saturated heterocycles.